The highest BCUT2D eigenvalue weighted by atomic mass is 16.5. The molecule has 0 atom stereocenters. The number of carbonyl (C=O) groups is 3. The van der Waals surface area contributed by atoms with E-state index in [0.29, 0.717) is 5.39 Å². The number of ether oxygens (including phenoxy) is 1. The van der Waals surface area contributed by atoms with Gasteiger partial charge in [0.25, 0.3) is 5.91 Å². The molecule has 0 fully saturated rings. The maximum absolute atomic E-state index is 12.0. The number of hydrogen-bond acceptors (Lipinski definition) is 6. The third-order valence-electron chi connectivity index (χ3n) is 3.72. The number of hydrogen-bond donors (Lipinski definition) is 2. The number of fused-ring (bicyclic) bond motifs is 1. The highest BCUT2D eigenvalue weighted by Gasteiger charge is 2.16. The van der Waals surface area contributed by atoms with Crippen LogP contribution in [0.15, 0.2) is 69.9 Å². The largest absolute Gasteiger partial charge is 0.450 e. The van der Waals surface area contributed by atoms with Gasteiger partial charge in [-0.1, -0.05) is 42.5 Å². The zero-order valence-corrected chi connectivity index (χ0v) is 14.6. The molecule has 28 heavy (non-hydrogen) atoms. The second-order valence-corrected chi connectivity index (χ2v) is 5.76. The highest BCUT2D eigenvalue weighted by Crippen LogP contribution is 2.12. The third kappa shape index (κ3) is 4.82. The molecule has 8 nitrogen and oxygen atoms in total. The van der Waals surface area contributed by atoms with Crippen LogP contribution < -0.4 is 16.1 Å². The zero-order chi connectivity index (χ0) is 19.9. The lowest BCUT2D eigenvalue weighted by molar-refractivity contribution is -0.123. The number of amides is 3. The average molecular weight is 380 g/mol. The molecule has 3 amide bonds. The van der Waals surface area contributed by atoms with E-state index >= 15 is 0 Å². The van der Waals surface area contributed by atoms with Crippen LogP contribution in [0.3, 0.4) is 0 Å². The Morgan fingerprint density at radius 3 is 2.46 bits per heavy atom. The fraction of sp³-hybridized carbons (Fsp3) is 0.100. The molecular weight excluding hydrogens is 364 g/mol. The zero-order valence-electron chi connectivity index (χ0n) is 14.6. The van der Waals surface area contributed by atoms with Crippen molar-refractivity contribution < 1.29 is 23.5 Å². The number of esters is 1. The number of imide groups is 1. The summed E-state index contributed by atoms with van der Waals surface area (Å²) in [6, 6.07) is 15.8. The quantitative estimate of drug-likeness (QED) is 0.654. The molecule has 0 unspecified atom stereocenters. The Morgan fingerprint density at radius 2 is 1.68 bits per heavy atom. The SMILES string of the molecule is O=C(COC(=O)c1cc(=O)c2ccccc2o1)NC(=O)NCc1ccccc1. The van der Waals surface area contributed by atoms with Gasteiger partial charge >= 0.3 is 12.0 Å². The minimum absolute atomic E-state index is 0.228. The van der Waals surface area contributed by atoms with Crippen LogP contribution in [0.1, 0.15) is 16.1 Å². The molecule has 0 saturated carbocycles. The Labute approximate surface area is 159 Å². The summed E-state index contributed by atoms with van der Waals surface area (Å²) in [5.41, 5.74) is 0.688. The van der Waals surface area contributed by atoms with Gasteiger partial charge in [0.1, 0.15) is 5.58 Å². The van der Waals surface area contributed by atoms with Gasteiger partial charge in [-0.25, -0.2) is 9.59 Å². The van der Waals surface area contributed by atoms with E-state index in [1.165, 1.54) is 6.07 Å². The van der Waals surface area contributed by atoms with Crippen LogP contribution >= 0.6 is 0 Å². The fourth-order valence-electron chi connectivity index (χ4n) is 2.39. The molecule has 8 heteroatoms. The van der Waals surface area contributed by atoms with Crippen molar-refractivity contribution >= 4 is 28.9 Å². The molecule has 1 heterocycles. The minimum atomic E-state index is -0.984. The summed E-state index contributed by atoms with van der Waals surface area (Å²) in [6.45, 7) is -0.462. The molecule has 2 N–H and O–H groups in total. The van der Waals surface area contributed by atoms with E-state index in [4.69, 9.17) is 9.15 Å². The number of carbonyl (C=O) groups excluding carboxylic acids is 3. The maximum Gasteiger partial charge on any atom is 0.374 e. The smallest absolute Gasteiger partial charge is 0.374 e. The van der Waals surface area contributed by atoms with Gasteiger partial charge in [0.15, 0.2) is 12.0 Å². The normalized spacial score (nSPS) is 10.3. The molecule has 1 aromatic heterocycles. The second-order valence-electron chi connectivity index (χ2n) is 5.76. The van der Waals surface area contributed by atoms with E-state index < -0.39 is 29.9 Å². The van der Waals surface area contributed by atoms with Gasteiger partial charge in [-0.15, -0.1) is 0 Å². The summed E-state index contributed by atoms with van der Waals surface area (Å²) in [7, 11) is 0. The van der Waals surface area contributed by atoms with Crippen LogP contribution in [0.4, 0.5) is 4.79 Å². The first-order chi connectivity index (χ1) is 13.5. The van der Waals surface area contributed by atoms with E-state index in [0.717, 1.165) is 11.6 Å². The van der Waals surface area contributed by atoms with E-state index in [-0.39, 0.29) is 17.9 Å². The Balaban J connectivity index is 1.51. The van der Waals surface area contributed by atoms with Crippen LogP contribution in [0, 0.1) is 0 Å². The van der Waals surface area contributed by atoms with Crippen molar-refractivity contribution in [2.75, 3.05) is 6.61 Å². The lowest BCUT2D eigenvalue weighted by Crippen LogP contribution is -2.41. The number of benzene rings is 2. The van der Waals surface area contributed by atoms with Gasteiger partial charge in [-0.3, -0.25) is 14.9 Å². The van der Waals surface area contributed by atoms with Gasteiger partial charge < -0.3 is 14.5 Å². The van der Waals surface area contributed by atoms with Crippen molar-refractivity contribution in [1.29, 1.82) is 0 Å². The molecule has 0 radical (unpaired) electrons. The van der Waals surface area contributed by atoms with E-state index in [2.05, 4.69) is 5.32 Å². The lowest BCUT2D eigenvalue weighted by atomic mass is 10.2. The molecule has 3 aromatic rings. The van der Waals surface area contributed by atoms with Crippen LogP contribution in [0.2, 0.25) is 0 Å². The standard InChI is InChI=1S/C20H16N2O6/c23-15-10-17(28-16-9-5-4-8-14(15)16)19(25)27-12-18(24)22-20(26)21-11-13-6-2-1-3-7-13/h1-10H,11-12H2,(H2,21,22,24,26). The molecule has 3 rings (SSSR count). The van der Waals surface area contributed by atoms with Crippen molar-refractivity contribution in [2.24, 2.45) is 0 Å². The summed E-state index contributed by atoms with van der Waals surface area (Å²) < 4.78 is 10.1. The summed E-state index contributed by atoms with van der Waals surface area (Å²) in [5.74, 6) is -2.13. The van der Waals surface area contributed by atoms with Crippen molar-refractivity contribution in [3.63, 3.8) is 0 Å². The van der Waals surface area contributed by atoms with Gasteiger partial charge in [-0.05, 0) is 17.7 Å². The number of urea groups is 1. The predicted octanol–water partition coefficient (Wildman–Crippen LogP) is 1.98. The summed E-state index contributed by atoms with van der Waals surface area (Å²) in [6.07, 6.45) is 0. The molecule has 0 saturated heterocycles. The number of para-hydroxylation sites is 1. The predicted molar refractivity (Wildman–Crippen MR) is 99.6 cm³/mol. The van der Waals surface area contributed by atoms with Gasteiger partial charge in [0, 0.05) is 12.6 Å². The third-order valence-corrected chi connectivity index (χ3v) is 3.72. The van der Waals surface area contributed by atoms with Crippen molar-refractivity contribution in [3.05, 3.63) is 82.2 Å². The molecule has 142 valence electrons. The van der Waals surface area contributed by atoms with Crippen LogP contribution in [0.5, 0.6) is 0 Å². The summed E-state index contributed by atoms with van der Waals surface area (Å²) >= 11 is 0. The first kappa shape index (κ1) is 18.8. The Kier molecular flexibility index (Phi) is 5.81. The first-order valence-corrected chi connectivity index (χ1v) is 8.34. The van der Waals surface area contributed by atoms with E-state index in [9.17, 15) is 19.2 Å². The molecular formula is C20H16N2O6. The highest BCUT2D eigenvalue weighted by molar-refractivity contribution is 5.96. The molecule has 2 aromatic carbocycles. The minimum Gasteiger partial charge on any atom is -0.450 e. The van der Waals surface area contributed by atoms with Crippen molar-refractivity contribution in [1.82, 2.24) is 10.6 Å². The van der Waals surface area contributed by atoms with Gasteiger partial charge in [-0.2, -0.15) is 0 Å². The fourth-order valence-corrected chi connectivity index (χ4v) is 2.39. The Bertz CT molecular complexity index is 1070. The maximum atomic E-state index is 12.0. The second kappa shape index (κ2) is 8.63. The van der Waals surface area contributed by atoms with E-state index in [1.54, 1.807) is 18.2 Å². The Morgan fingerprint density at radius 1 is 0.964 bits per heavy atom. The van der Waals surface area contributed by atoms with Gasteiger partial charge in [0.05, 0.1) is 5.39 Å². The molecule has 0 aliphatic rings. The van der Waals surface area contributed by atoms with Crippen LogP contribution in [-0.2, 0) is 16.1 Å². The van der Waals surface area contributed by atoms with Crippen molar-refractivity contribution in [2.45, 2.75) is 6.54 Å². The molecule has 0 spiro atoms. The summed E-state index contributed by atoms with van der Waals surface area (Å²) in [5, 5.41) is 4.87. The molecule has 0 bridgehead atoms. The summed E-state index contributed by atoms with van der Waals surface area (Å²) in [4.78, 5) is 47.4. The lowest BCUT2D eigenvalue weighted by Gasteiger charge is -2.07. The van der Waals surface area contributed by atoms with Crippen LogP contribution in [0.25, 0.3) is 11.0 Å². The first-order valence-electron chi connectivity index (χ1n) is 8.34. The number of rotatable bonds is 5. The van der Waals surface area contributed by atoms with Gasteiger partial charge in [0.2, 0.25) is 5.76 Å². The monoisotopic (exact) mass is 380 g/mol. The molecule has 0 aliphatic heterocycles. The molecule has 0 aliphatic carbocycles. The Hall–Kier alpha value is -3.94. The average Bonchev–Trinajstić information content (AvgIpc) is 2.71. The number of nitrogens with one attached hydrogen (secondary N) is 2. The van der Waals surface area contributed by atoms with Crippen LogP contribution in [-0.4, -0.2) is 24.5 Å². The topological polar surface area (TPSA) is 115 Å². The van der Waals surface area contributed by atoms with E-state index in [1.807, 2.05) is 35.6 Å². The van der Waals surface area contributed by atoms with Crippen molar-refractivity contribution in [3.8, 4) is 0 Å².